The predicted octanol–water partition coefficient (Wildman–Crippen LogP) is 2.00. The third-order valence-corrected chi connectivity index (χ3v) is 2.45. The molecular weight excluding hydrogens is 204 g/mol. The summed E-state index contributed by atoms with van der Waals surface area (Å²) in [4.78, 5) is 7.16. The molecule has 0 spiro atoms. The number of hydrogen-bond donors (Lipinski definition) is 2. The van der Waals surface area contributed by atoms with Crippen molar-refractivity contribution in [2.24, 2.45) is 0 Å². The highest BCUT2D eigenvalue weighted by Gasteiger charge is 2.10. The lowest BCUT2D eigenvalue weighted by Crippen LogP contribution is -1.87. The lowest BCUT2D eigenvalue weighted by molar-refractivity contribution is 0.403. The van der Waals surface area contributed by atoms with Gasteiger partial charge in [0.15, 0.2) is 0 Å². The maximum atomic E-state index is 9.46. The largest absolute Gasteiger partial charge is 0.493 e. The molecule has 0 atom stereocenters. The van der Waals surface area contributed by atoms with Crippen molar-refractivity contribution in [1.29, 1.82) is 0 Å². The van der Waals surface area contributed by atoms with Gasteiger partial charge in [-0.15, -0.1) is 0 Å². The maximum Gasteiger partial charge on any atom is 0.317 e. The lowest BCUT2D eigenvalue weighted by atomic mass is 10.1. The zero-order valence-corrected chi connectivity index (χ0v) is 8.08. The van der Waals surface area contributed by atoms with Crippen LogP contribution in [-0.2, 0) is 0 Å². The third-order valence-electron chi connectivity index (χ3n) is 1.96. The van der Waals surface area contributed by atoms with Crippen LogP contribution >= 0.6 is 11.6 Å². The van der Waals surface area contributed by atoms with Crippen LogP contribution in [0.15, 0.2) is 12.1 Å². The summed E-state index contributed by atoms with van der Waals surface area (Å²) < 4.78 is 0. The van der Waals surface area contributed by atoms with Crippen LogP contribution in [0.3, 0.4) is 0 Å². The average molecular weight is 211 g/mol. The summed E-state index contributed by atoms with van der Waals surface area (Å²) in [6, 6.07) is 2.96. The van der Waals surface area contributed by atoms with Gasteiger partial charge in [-0.2, -0.15) is 9.97 Å². The second-order valence-electron chi connectivity index (χ2n) is 2.94. The molecule has 0 bridgehead atoms. The summed E-state index contributed by atoms with van der Waals surface area (Å²) in [6.07, 6.45) is 0. The second kappa shape index (κ2) is 2.99. The first kappa shape index (κ1) is 9.02. The normalized spacial score (nSPS) is 10.7. The summed E-state index contributed by atoms with van der Waals surface area (Å²) in [6.45, 7) is 1.81. The first-order valence-electron chi connectivity index (χ1n) is 3.94. The Morgan fingerprint density at radius 1 is 1.21 bits per heavy atom. The van der Waals surface area contributed by atoms with Crippen LogP contribution in [-0.4, -0.2) is 20.2 Å². The van der Waals surface area contributed by atoms with E-state index in [1.165, 1.54) is 0 Å². The molecule has 0 amide bonds. The van der Waals surface area contributed by atoms with E-state index in [-0.39, 0.29) is 5.88 Å². The van der Waals surface area contributed by atoms with E-state index in [1.54, 1.807) is 12.1 Å². The Morgan fingerprint density at radius 3 is 2.64 bits per heavy atom. The molecular formula is C9H7ClN2O2. The topological polar surface area (TPSA) is 66.2 Å². The Balaban J connectivity index is 2.95. The summed E-state index contributed by atoms with van der Waals surface area (Å²) >= 11 is 5.96. The molecule has 5 heteroatoms. The number of halogens is 1. The lowest BCUT2D eigenvalue weighted by Gasteiger charge is -2.04. The fourth-order valence-corrected chi connectivity index (χ4v) is 1.50. The van der Waals surface area contributed by atoms with Gasteiger partial charge in [0.05, 0.1) is 15.9 Å². The molecule has 0 radical (unpaired) electrons. The monoisotopic (exact) mass is 210 g/mol. The van der Waals surface area contributed by atoms with E-state index in [1.807, 2.05) is 6.92 Å². The van der Waals surface area contributed by atoms with Crippen molar-refractivity contribution in [1.82, 2.24) is 9.97 Å². The van der Waals surface area contributed by atoms with Crippen LogP contribution in [0.1, 0.15) is 5.56 Å². The number of hydrogen-bond acceptors (Lipinski definition) is 4. The Morgan fingerprint density at radius 2 is 1.93 bits per heavy atom. The van der Waals surface area contributed by atoms with Crippen molar-refractivity contribution in [3.8, 4) is 11.9 Å². The van der Waals surface area contributed by atoms with Crippen molar-refractivity contribution in [3.05, 3.63) is 22.7 Å². The van der Waals surface area contributed by atoms with Gasteiger partial charge in [-0.25, -0.2) is 0 Å². The van der Waals surface area contributed by atoms with Crippen molar-refractivity contribution in [2.45, 2.75) is 6.92 Å². The molecule has 2 rings (SSSR count). The van der Waals surface area contributed by atoms with Crippen molar-refractivity contribution >= 4 is 22.5 Å². The van der Waals surface area contributed by atoms with E-state index < -0.39 is 6.01 Å². The van der Waals surface area contributed by atoms with Gasteiger partial charge in [0.1, 0.15) is 0 Å². The Hall–Kier alpha value is -1.55. The summed E-state index contributed by atoms with van der Waals surface area (Å²) in [7, 11) is 0. The van der Waals surface area contributed by atoms with Crippen LogP contribution in [0.25, 0.3) is 10.9 Å². The molecule has 0 unspecified atom stereocenters. The molecule has 0 aliphatic heterocycles. The Labute approximate surface area is 84.8 Å². The van der Waals surface area contributed by atoms with Crippen LogP contribution in [0.2, 0.25) is 5.02 Å². The number of aryl methyl sites for hydroxylation is 1. The highest BCUT2D eigenvalue weighted by molar-refractivity contribution is 6.36. The van der Waals surface area contributed by atoms with Gasteiger partial charge in [-0.3, -0.25) is 0 Å². The van der Waals surface area contributed by atoms with Gasteiger partial charge in [0.2, 0.25) is 5.88 Å². The van der Waals surface area contributed by atoms with E-state index in [0.29, 0.717) is 15.9 Å². The molecule has 14 heavy (non-hydrogen) atoms. The molecule has 0 fully saturated rings. The second-order valence-corrected chi connectivity index (χ2v) is 3.32. The number of aromatic nitrogens is 2. The van der Waals surface area contributed by atoms with E-state index >= 15 is 0 Å². The number of benzene rings is 1. The quantitative estimate of drug-likeness (QED) is 0.698. The van der Waals surface area contributed by atoms with Gasteiger partial charge in [0, 0.05) is 0 Å². The average Bonchev–Trinajstić information content (AvgIpc) is 2.10. The fourth-order valence-electron chi connectivity index (χ4n) is 1.26. The molecule has 1 heterocycles. The molecule has 4 nitrogen and oxygen atoms in total. The smallest absolute Gasteiger partial charge is 0.317 e. The Bertz CT molecular complexity index is 514. The van der Waals surface area contributed by atoms with Crippen molar-refractivity contribution < 1.29 is 10.2 Å². The Kier molecular flexibility index (Phi) is 1.93. The first-order chi connectivity index (χ1) is 6.59. The molecule has 0 saturated heterocycles. The molecule has 1 aromatic heterocycles. The predicted molar refractivity (Wildman–Crippen MR) is 52.6 cm³/mol. The minimum atomic E-state index is -0.463. The highest BCUT2D eigenvalue weighted by atomic mass is 35.5. The van der Waals surface area contributed by atoms with Crippen LogP contribution < -0.4 is 0 Å². The van der Waals surface area contributed by atoms with Crippen molar-refractivity contribution in [3.63, 3.8) is 0 Å². The number of rotatable bonds is 0. The van der Waals surface area contributed by atoms with Crippen LogP contribution in [0, 0.1) is 6.92 Å². The van der Waals surface area contributed by atoms with Gasteiger partial charge < -0.3 is 10.2 Å². The van der Waals surface area contributed by atoms with E-state index in [9.17, 15) is 5.11 Å². The minimum Gasteiger partial charge on any atom is -0.493 e. The molecule has 0 aliphatic carbocycles. The molecule has 2 aromatic rings. The molecule has 2 N–H and O–H groups in total. The molecule has 0 aliphatic rings. The standard InChI is InChI=1S/C9H7ClN2O2/c1-4-2-3-5-6(7(4)10)8(13)12-9(14)11-5/h2-3H,1H3,(H2,11,12,13,14). The summed E-state index contributed by atoms with van der Waals surface area (Å²) in [5, 5.41) is 19.3. The molecule has 0 saturated carbocycles. The zero-order valence-electron chi connectivity index (χ0n) is 7.32. The zero-order chi connectivity index (χ0) is 10.3. The fraction of sp³-hybridized carbons (Fsp3) is 0.111. The number of fused-ring (bicyclic) bond motifs is 1. The molecule has 72 valence electrons. The molecule has 1 aromatic carbocycles. The minimum absolute atomic E-state index is 0.304. The van der Waals surface area contributed by atoms with Gasteiger partial charge in [-0.1, -0.05) is 17.7 Å². The highest BCUT2D eigenvalue weighted by Crippen LogP contribution is 2.32. The van der Waals surface area contributed by atoms with Crippen molar-refractivity contribution in [2.75, 3.05) is 0 Å². The van der Waals surface area contributed by atoms with Crippen LogP contribution in [0.5, 0.6) is 11.9 Å². The SMILES string of the molecule is Cc1ccc2nc(O)nc(O)c2c1Cl. The summed E-state index contributed by atoms with van der Waals surface area (Å²) in [5.74, 6) is -0.304. The van der Waals surface area contributed by atoms with Gasteiger partial charge >= 0.3 is 6.01 Å². The third kappa shape index (κ3) is 1.24. The van der Waals surface area contributed by atoms with Gasteiger partial charge in [-0.05, 0) is 18.6 Å². The van der Waals surface area contributed by atoms with Gasteiger partial charge in [0.25, 0.3) is 0 Å². The summed E-state index contributed by atoms with van der Waals surface area (Å²) in [5.41, 5.74) is 1.24. The number of nitrogens with zero attached hydrogens (tertiary/aromatic N) is 2. The van der Waals surface area contributed by atoms with E-state index in [4.69, 9.17) is 16.7 Å². The first-order valence-corrected chi connectivity index (χ1v) is 4.32. The maximum absolute atomic E-state index is 9.46. The van der Waals surface area contributed by atoms with E-state index in [0.717, 1.165) is 5.56 Å². The van der Waals surface area contributed by atoms with E-state index in [2.05, 4.69) is 9.97 Å². The number of aromatic hydroxyl groups is 2. The van der Waals surface area contributed by atoms with Crippen LogP contribution in [0.4, 0.5) is 0 Å².